The van der Waals surface area contributed by atoms with Crippen molar-refractivity contribution in [1.82, 2.24) is 15.2 Å². The summed E-state index contributed by atoms with van der Waals surface area (Å²) in [6.45, 7) is 0.137. The molecule has 0 amide bonds. The molecular formula is C11H10ClN5O2. The van der Waals surface area contributed by atoms with Gasteiger partial charge < -0.3 is 4.74 Å². The van der Waals surface area contributed by atoms with Crippen LogP contribution in [0.2, 0.25) is 5.02 Å². The topological polar surface area (TPSA) is 97.8 Å². The van der Waals surface area contributed by atoms with Gasteiger partial charge in [-0.25, -0.2) is 9.89 Å². The second-order valence-corrected chi connectivity index (χ2v) is 4.04. The van der Waals surface area contributed by atoms with Crippen LogP contribution < -0.4 is 15.3 Å². The predicted octanol–water partition coefficient (Wildman–Crippen LogP) is 1.25. The Hall–Kier alpha value is -2.46. The Morgan fingerprint density at radius 3 is 2.89 bits per heavy atom. The smallest absolute Gasteiger partial charge is 0.340 e. The molecule has 1 aromatic heterocycles. The van der Waals surface area contributed by atoms with Crippen molar-refractivity contribution in [3.8, 4) is 11.9 Å². The third kappa shape index (κ3) is 2.86. The van der Waals surface area contributed by atoms with E-state index in [0.717, 1.165) is 0 Å². The van der Waals surface area contributed by atoms with Gasteiger partial charge in [-0.15, -0.1) is 0 Å². The highest BCUT2D eigenvalue weighted by Crippen LogP contribution is 2.29. The van der Waals surface area contributed by atoms with Gasteiger partial charge in [-0.1, -0.05) is 11.6 Å². The maximum Gasteiger partial charge on any atom is 0.340 e. The number of hydrogen-bond acceptors (Lipinski definition) is 5. The van der Waals surface area contributed by atoms with Crippen LogP contribution in [0.4, 0.5) is 5.69 Å². The molecule has 0 saturated heterocycles. The molecule has 0 saturated carbocycles. The van der Waals surface area contributed by atoms with Crippen LogP contribution in [0.15, 0.2) is 23.0 Å². The maximum atomic E-state index is 10.9. The first-order valence-corrected chi connectivity index (χ1v) is 5.66. The monoisotopic (exact) mass is 279 g/mol. The summed E-state index contributed by atoms with van der Waals surface area (Å²) in [4.78, 5) is 14.7. The lowest BCUT2D eigenvalue weighted by molar-refractivity contribution is 0.415. The second-order valence-electron chi connectivity index (χ2n) is 3.63. The molecule has 2 aromatic rings. The number of rotatable bonds is 4. The number of nitriles is 1. The number of halogens is 1. The standard InChI is InChI=1S/C11H10ClN5O2/c1-19-9-3-2-7(4-8(9)12)17(6-13)5-10-14-11(18)16-15-10/h2-4H,5H2,1H3,(H2,14,15,16,18). The summed E-state index contributed by atoms with van der Waals surface area (Å²) in [5, 5.41) is 15.5. The van der Waals surface area contributed by atoms with Gasteiger partial charge in [0.25, 0.3) is 0 Å². The highest BCUT2D eigenvalue weighted by Gasteiger charge is 2.11. The van der Waals surface area contributed by atoms with Gasteiger partial charge >= 0.3 is 5.69 Å². The fraction of sp³-hybridized carbons (Fsp3) is 0.182. The van der Waals surface area contributed by atoms with Crippen molar-refractivity contribution >= 4 is 17.3 Å². The van der Waals surface area contributed by atoms with Gasteiger partial charge in [0.1, 0.15) is 5.75 Å². The molecule has 98 valence electrons. The van der Waals surface area contributed by atoms with E-state index in [1.165, 1.54) is 12.0 Å². The van der Waals surface area contributed by atoms with E-state index in [1.54, 1.807) is 18.2 Å². The SMILES string of the molecule is COc1ccc(N(C#N)Cc2n[nH]c(=O)[nH]2)cc1Cl. The van der Waals surface area contributed by atoms with Gasteiger partial charge in [0, 0.05) is 0 Å². The van der Waals surface area contributed by atoms with Gasteiger partial charge in [-0.3, -0.25) is 9.88 Å². The van der Waals surface area contributed by atoms with Crippen LogP contribution in [0.5, 0.6) is 5.75 Å². The number of nitrogens with zero attached hydrogens (tertiary/aromatic N) is 3. The number of aromatic amines is 2. The Balaban J connectivity index is 2.25. The third-order valence-corrected chi connectivity index (χ3v) is 2.72. The second kappa shape index (κ2) is 5.46. The summed E-state index contributed by atoms with van der Waals surface area (Å²) < 4.78 is 5.04. The van der Waals surface area contributed by atoms with Crippen LogP contribution in [0.3, 0.4) is 0 Å². The summed E-state index contributed by atoms with van der Waals surface area (Å²) in [6.07, 6.45) is 2.00. The van der Waals surface area contributed by atoms with Crippen LogP contribution in [-0.2, 0) is 6.54 Å². The fourth-order valence-electron chi connectivity index (χ4n) is 1.54. The molecule has 0 atom stereocenters. The highest BCUT2D eigenvalue weighted by atomic mass is 35.5. The fourth-order valence-corrected chi connectivity index (χ4v) is 1.79. The number of H-pyrrole nitrogens is 2. The zero-order chi connectivity index (χ0) is 13.8. The molecule has 1 heterocycles. The number of anilines is 1. The lowest BCUT2D eigenvalue weighted by atomic mass is 10.2. The molecule has 0 aliphatic rings. The third-order valence-electron chi connectivity index (χ3n) is 2.43. The molecule has 0 radical (unpaired) electrons. The molecule has 8 heteroatoms. The number of ether oxygens (including phenoxy) is 1. The van der Waals surface area contributed by atoms with Gasteiger partial charge in [0.15, 0.2) is 12.0 Å². The summed E-state index contributed by atoms with van der Waals surface area (Å²) >= 11 is 6.00. The van der Waals surface area contributed by atoms with Crippen LogP contribution in [0.25, 0.3) is 0 Å². The number of hydrogen-bond donors (Lipinski definition) is 2. The average molecular weight is 280 g/mol. The summed E-state index contributed by atoms with van der Waals surface area (Å²) in [6, 6.07) is 4.96. The first kappa shape index (κ1) is 13.0. The summed E-state index contributed by atoms with van der Waals surface area (Å²) in [5.74, 6) is 0.884. The van der Waals surface area contributed by atoms with Gasteiger partial charge in [0.05, 0.1) is 24.4 Å². The minimum Gasteiger partial charge on any atom is -0.495 e. The van der Waals surface area contributed by atoms with Crippen LogP contribution in [0.1, 0.15) is 5.82 Å². The molecule has 0 aliphatic heterocycles. The van der Waals surface area contributed by atoms with Gasteiger partial charge in [-0.05, 0) is 18.2 Å². The molecule has 0 aliphatic carbocycles. The zero-order valence-electron chi connectivity index (χ0n) is 9.98. The van der Waals surface area contributed by atoms with E-state index in [4.69, 9.17) is 21.6 Å². The Bertz CT molecular complexity index is 672. The lowest BCUT2D eigenvalue weighted by Crippen LogP contribution is -2.17. The number of methoxy groups -OCH3 is 1. The maximum absolute atomic E-state index is 10.9. The molecule has 19 heavy (non-hydrogen) atoms. The normalized spacial score (nSPS) is 9.95. The molecule has 0 bridgehead atoms. The lowest BCUT2D eigenvalue weighted by Gasteiger charge is -2.15. The molecule has 7 nitrogen and oxygen atoms in total. The molecular weight excluding hydrogens is 270 g/mol. The molecule has 0 spiro atoms. The molecule has 2 rings (SSSR count). The van der Waals surface area contributed by atoms with E-state index in [0.29, 0.717) is 22.3 Å². The summed E-state index contributed by atoms with van der Waals surface area (Å²) in [5.41, 5.74) is 0.165. The molecule has 2 N–H and O–H groups in total. The predicted molar refractivity (Wildman–Crippen MR) is 69.0 cm³/mol. The minimum absolute atomic E-state index is 0.137. The quantitative estimate of drug-likeness (QED) is 0.648. The van der Waals surface area contributed by atoms with Crippen LogP contribution in [-0.4, -0.2) is 22.3 Å². The summed E-state index contributed by atoms with van der Waals surface area (Å²) in [7, 11) is 1.51. The van der Waals surface area contributed by atoms with E-state index >= 15 is 0 Å². The van der Waals surface area contributed by atoms with Gasteiger partial charge in [-0.2, -0.15) is 10.4 Å². The highest BCUT2D eigenvalue weighted by molar-refractivity contribution is 6.32. The van der Waals surface area contributed by atoms with E-state index < -0.39 is 5.69 Å². The Morgan fingerprint density at radius 1 is 1.58 bits per heavy atom. The van der Waals surface area contributed by atoms with E-state index in [2.05, 4.69) is 15.2 Å². The Kier molecular flexibility index (Phi) is 3.73. The average Bonchev–Trinajstić information content (AvgIpc) is 2.81. The first-order chi connectivity index (χ1) is 9.13. The van der Waals surface area contributed by atoms with Crippen molar-refractivity contribution in [3.63, 3.8) is 0 Å². The number of aromatic nitrogens is 3. The van der Waals surface area contributed by atoms with Crippen molar-refractivity contribution < 1.29 is 4.74 Å². The van der Waals surface area contributed by atoms with Crippen molar-refractivity contribution in [1.29, 1.82) is 5.26 Å². The molecule has 0 fully saturated rings. The van der Waals surface area contributed by atoms with Gasteiger partial charge in [0.2, 0.25) is 0 Å². The van der Waals surface area contributed by atoms with E-state index in [-0.39, 0.29) is 6.54 Å². The Morgan fingerprint density at radius 2 is 2.37 bits per heavy atom. The van der Waals surface area contributed by atoms with Crippen molar-refractivity contribution in [2.75, 3.05) is 12.0 Å². The molecule has 1 aromatic carbocycles. The minimum atomic E-state index is -0.416. The van der Waals surface area contributed by atoms with Crippen LogP contribution in [0, 0.1) is 11.5 Å². The van der Waals surface area contributed by atoms with E-state index in [9.17, 15) is 4.79 Å². The molecule has 0 unspecified atom stereocenters. The van der Waals surface area contributed by atoms with Crippen molar-refractivity contribution in [2.45, 2.75) is 6.54 Å². The van der Waals surface area contributed by atoms with Crippen molar-refractivity contribution in [2.24, 2.45) is 0 Å². The first-order valence-electron chi connectivity index (χ1n) is 5.28. The number of nitrogens with one attached hydrogen (secondary N) is 2. The zero-order valence-corrected chi connectivity index (χ0v) is 10.7. The largest absolute Gasteiger partial charge is 0.495 e. The van der Waals surface area contributed by atoms with Crippen molar-refractivity contribution in [3.05, 3.63) is 39.5 Å². The Labute approximate surface area is 113 Å². The van der Waals surface area contributed by atoms with E-state index in [1.807, 2.05) is 6.19 Å². The number of benzene rings is 1. The van der Waals surface area contributed by atoms with Crippen LogP contribution >= 0.6 is 11.6 Å².